The van der Waals surface area contributed by atoms with Crippen molar-refractivity contribution in [2.75, 3.05) is 13.2 Å². The van der Waals surface area contributed by atoms with Crippen LogP contribution in [0.2, 0.25) is 0 Å². The van der Waals surface area contributed by atoms with Crippen LogP contribution in [0.15, 0.2) is 15.2 Å². The molecule has 1 aliphatic rings. The quantitative estimate of drug-likeness (QED) is 0.913. The summed E-state index contributed by atoms with van der Waals surface area (Å²) in [6, 6.07) is 2.16. The lowest BCUT2D eigenvalue weighted by atomic mass is 10.2. The Balaban J connectivity index is 1.67. The van der Waals surface area contributed by atoms with Crippen molar-refractivity contribution in [3.63, 3.8) is 0 Å². The topological polar surface area (TPSA) is 21.3 Å². The summed E-state index contributed by atoms with van der Waals surface area (Å²) in [7, 11) is 0. The summed E-state index contributed by atoms with van der Waals surface area (Å²) in [5.41, 5.74) is 1.35. The Hall–Kier alpha value is 0.1000. The van der Waals surface area contributed by atoms with Crippen LogP contribution in [0, 0.1) is 0 Å². The molecule has 1 aliphatic heterocycles. The van der Waals surface area contributed by atoms with Gasteiger partial charge in [-0.3, -0.25) is 0 Å². The van der Waals surface area contributed by atoms with Crippen LogP contribution >= 0.6 is 27.3 Å². The molecule has 1 saturated heterocycles. The highest BCUT2D eigenvalue weighted by molar-refractivity contribution is 9.11. The molecule has 1 fully saturated rings. The smallest absolute Gasteiger partial charge is 0.0701 e. The third kappa shape index (κ3) is 3.05. The lowest BCUT2D eigenvalue weighted by Gasteiger charge is -2.09. The van der Waals surface area contributed by atoms with Gasteiger partial charge in [0.05, 0.1) is 9.89 Å². The van der Waals surface area contributed by atoms with Gasteiger partial charge in [0.15, 0.2) is 0 Å². The number of halogens is 1. The SMILES string of the molecule is Brc1cc(CNCC2CCCO2)cs1. The fourth-order valence-electron chi connectivity index (χ4n) is 1.62. The lowest BCUT2D eigenvalue weighted by molar-refractivity contribution is 0.110. The summed E-state index contributed by atoms with van der Waals surface area (Å²) in [6.07, 6.45) is 2.87. The van der Waals surface area contributed by atoms with Crippen molar-refractivity contribution in [2.45, 2.75) is 25.5 Å². The monoisotopic (exact) mass is 275 g/mol. The molecule has 78 valence electrons. The molecule has 1 unspecified atom stereocenters. The molecule has 0 bridgehead atoms. The highest BCUT2D eigenvalue weighted by Gasteiger charge is 2.14. The van der Waals surface area contributed by atoms with Crippen LogP contribution in [0.1, 0.15) is 18.4 Å². The number of ether oxygens (including phenoxy) is 1. The van der Waals surface area contributed by atoms with Crippen LogP contribution in [0.4, 0.5) is 0 Å². The normalized spacial score (nSPS) is 21.6. The van der Waals surface area contributed by atoms with E-state index in [0.717, 1.165) is 19.7 Å². The van der Waals surface area contributed by atoms with Gasteiger partial charge in [0.1, 0.15) is 0 Å². The Morgan fingerprint density at radius 1 is 1.64 bits per heavy atom. The van der Waals surface area contributed by atoms with E-state index < -0.39 is 0 Å². The van der Waals surface area contributed by atoms with Crippen molar-refractivity contribution in [3.05, 3.63) is 20.8 Å². The average Bonchev–Trinajstić information content (AvgIpc) is 2.77. The summed E-state index contributed by atoms with van der Waals surface area (Å²) in [4.78, 5) is 0. The molecule has 0 aliphatic carbocycles. The summed E-state index contributed by atoms with van der Waals surface area (Å²) < 4.78 is 6.73. The first-order valence-electron chi connectivity index (χ1n) is 4.90. The van der Waals surface area contributed by atoms with Crippen LogP contribution in [0.25, 0.3) is 0 Å². The molecule has 0 radical (unpaired) electrons. The van der Waals surface area contributed by atoms with E-state index in [2.05, 4.69) is 32.7 Å². The summed E-state index contributed by atoms with van der Waals surface area (Å²) in [5, 5.41) is 5.59. The molecular weight excluding hydrogens is 262 g/mol. The minimum atomic E-state index is 0.442. The second kappa shape index (κ2) is 5.26. The van der Waals surface area contributed by atoms with Crippen LogP contribution in [-0.2, 0) is 11.3 Å². The van der Waals surface area contributed by atoms with Gasteiger partial charge >= 0.3 is 0 Å². The molecule has 1 aromatic heterocycles. The van der Waals surface area contributed by atoms with E-state index in [9.17, 15) is 0 Å². The molecule has 0 aromatic carbocycles. The fourth-order valence-corrected chi connectivity index (χ4v) is 2.83. The zero-order valence-electron chi connectivity index (χ0n) is 7.96. The molecule has 4 heteroatoms. The molecule has 0 amide bonds. The van der Waals surface area contributed by atoms with E-state index in [-0.39, 0.29) is 0 Å². The van der Waals surface area contributed by atoms with Gasteiger partial charge in [-0.05, 0) is 45.8 Å². The van der Waals surface area contributed by atoms with E-state index in [1.807, 2.05) is 0 Å². The molecule has 1 N–H and O–H groups in total. The van der Waals surface area contributed by atoms with Gasteiger partial charge in [0.2, 0.25) is 0 Å². The molecule has 0 spiro atoms. The van der Waals surface area contributed by atoms with Crippen LogP contribution in [-0.4, -0.2) is 19.3 Å². The van der Waals surface area contributed by atoms with Gasteiger partial charge in [-0.2, -0.15) is 0 Å². The van der Waals surface area contributed by atoms with Crippen molar-refractivity contribution in [1.29, 1.82) is 0 Å². The second-order valence-electron chi connectivity index (χ2n) is 3.52. The standard InChI is InChI=1S/C10H14BrNOS/c11-10-4-8(7-14-10)5-12-6-9-2-1-3-13-9/h4,7,9,12H,1-3,5-6H2. The summed E-state index contributed by atoms with van der Waals surface area (Å²) in [5.74, 6) is 0. The van der Waals surface area contributed by atoms with Crippen LogP contribution in [0.3, 0.4) is 0 Å². The van der Waals surface area contributed by atoms with Gasteiger partial charge in [-0.25, -0.2) is 0 Å². The second-order valence-corrected chi connectivity index (χ2v) is 5.82. The van der Waals surface area contributed by atoms with E-state index in [1.54, 1.807) is 11.3 Å². The summed E-state index contributed by atoms with van der Waals surface area (Å²) in [6.45, 7) is 2.87. The largest absolute Gasteiger partial charge is 0.377 e. The molecule has 1 aromatic rings. The number of hydrogen-bond acceptors (Lipinski definition) is 3. The number of rotatable bonds is 4. The zero-order chi connectivity index (χ0) is 9.80. The van der Waals surface area contributed by atoms with E-state index in [4.69, 9.17) is 4.74 Å². The average molecular weight is 276 g/mol. The number of hydrogen-bond donors (Lipinski definition) is 1. The van der Waals surface area contributed by atoms with Crippen molar-refractivity contribution in [3.8, 4) is 0 Å². The van der Waals surface area contributed by atoms with Crippen LogP contribution < -0.4 is 5.32 Å². The molecule has 2 heterocycles. The molecule has 1 atom stereocenters. The lowest BCUT2D eigenvalue weighted by Crippen LogP contribution is -2.25. The minimum absolute atomic E-state index is 0.442. The molecular formula is C10H14BrNOS. The minimum Gasteiger partial charge on any atom is -0.377 e. The van der Waals surface area contributed by atoms with Crippen molar-refractivity contribution < 1.29 is 4.74 Å². The molecule has 2 nitrogen and oxygen atoms in total. The Labute approximate surface area is 96.8 Å². The predicted octanol–water partition coefficient (Wildman–Crippen LogP) is 2.78. The van der Waals surface area contributed by atoms with E-state index in [1.165, 1.54) is 22.2 Å². The van der Waals surface area contributed by atoms with Gasteiger partial charge in [-0.1, -0.05) is 0 Å². The third-order valence-electron chi connectivity index (χ3n) is 2.35. The fraction of sp³-hybridized carbons (Fsp3) is 0.600. The Morgan fingerprint density at radius 3 is 3.21 bits per heavy atom. The van der Waals surface area contributed by atoms with Crippen LogP contribution in [0.5, 0.6) is 0 Å². The number of thiophene rings is 1. The Kier molecular flexibility index (Phi) is 3.99. The Morgan fingerprint density at radius 2 is 2.57 bits per heavy atom. The van der Waals surface area contributed by atoms with Crippen molar-refractivity contribution in [1.82, 2.24) is 5.32 Å². The van der Waals surface area contributed by atoms with E-state index in [0.29, 0.717) is 6.10 Å². The molecule has 2 rings (SSSR count). The van der Waals surface area contributed by atoms with E-state index >= 15 is 0 Å². The van der Waals surface area contributed by atoms with Gasteiger partial charge in [0.25, 0.3) is 0 Å². The molecule has 0 saturated carbocycles. The maximum absolute atomic E-state index is 5.53. The van der Waals surface area contributed by atoms with Crippen molar-refractivity contribution in [2.24, 2.45) is 0 Å². The highest BCUT2D eigenvalue weighted by Crippen LogP contribution is 2.20. The first-order chi connectivity index (χ1) is 6.84. The molecule has 14 heavy (non-hydrogen) atoms. The first-order valence-corrected chi connectivity index (χ1v) is 6.57. The maximum Gasteiger partial charge on any atom is 0.0701 e. The van der Waals surface area contributed by atoms with Gasteiger partial charge in [0, 0.05) is 19.7 Å². The highest BCUT2D eigenvalue weighted by atomic mass is 79.9. The first kappa shape index (κ1) is 10.6. The maximum atomic E-state index is 5.53. The predicted molar refractivity (Wildman–Crippen MR) is 62.7 cm³/mol. The third-order valence-corrected chi connectivity index (χ3v) is 3.90. The van der Waals surface area contributed by atoms with Crippen molar-refractivity contribution >= 4 is 27.3 Å². The number of nitrogens with one attached hydrogen (secondary N) is 1. The zero-order valence-corrected chi connectivity index (χ0v) is 10.4. The summed E-state index contributed by atoms with van der Waals surface area (Å²) >= 11 is 5.19. The van der Waals surface area contributed by atoms with Gasteiger partial charge < -0.3 is 10.1 Å². The Bertz CT molecular complexity index is 283. The van der Waals surface area contributed by atoms with Gasteiger partial charge in [-0.15, -0.1) is 11.3 Å².